The van der Waals surface area contributed by atoms with E-state index in [0.29, 0.717) is 17.7 Å². The fourth-order valence-electron chi connectivity index (χ4n) is 2.58. The van der Waals surface area contributed by atoms with Crippen molar-refractivity contribution in [3.63, 3.8) is 0 Å². The molecule has 1 saturated carbocycles. The number of alkyl halides is 5. The van der Waals surface area contributed by atoms with Crippen molar-refractivity contribution in [3.05, 3.63) is 0 Å². The van der Waals surface area contributed by atoms with Gasteiger partial charge >= 0.3 is 18.0 Å². The molecule has 1 aliphatic rings. The van der Waals surface area contributed by atoms with Crippen LogP contribution in [-0.2, 0) is 4.79 Å². The van der Waals surface area contributed by atoms with E-state index >= 15 is 0 Å². The first-order valence-electron chi connectivity index (χ1n) is 7.17. The number of nitrogens with zero attached hydrogens (tertiary/aromatic N) is 1. The molecule has 0 radical (unpaired) electrons. The molecule has 1 rings (SSSR count). The summed E-state index contributed by atoms with van der Waals surface area (Å²) in [6.45, 7) is -0.0280. The lowest BCUT2D eigenvalue weighted by Crippen LogP contribution is -2.55. The maximum atomic E-state index is 13.3. The van der Waals surface area contributed by atoms with Crippen molar-refractivity contribution >= 4 is 5.91 Å². The van der Waals surface area contributed by atoms with Gasteiger partial charge in [0.1, 0.15) is 0 Å². The normalized spacial score (nSPS) is 18.4. The van der Waals surface area contributed by atoms with Crippen LogP contribution in [0.2, 0.25) is 0 Å². The van der Waals surface area contributed by atoms with Crippen LogP contribution < -0.4 is 5.73 Å². The van der Waals surface area contributed by atoms with Crippen LogP contribution in [0.4, 0.5) is 22.0 Å². The van der Waals surface area contributed by atoms with Crippen molar-refractivity contribution in [1.29, 1.82) is 0 Å². The number of amides is 1. The van der Waals surface area contributed by atoms with Crippen LogP contribution in [0.3, 0.4) is 0 Å². The van der Waals surface area contributed by atoms with Gasteiger partial charge in [0.15, 0.2) is 0 Å². The Kier molecular flexibility index (Phi) is 6.37. The third kappa shape index (κ3) is 4.52. The second-order valence-corrected chi connectivity index (χ2v) is 5.36. The number of rotatable bonds is 5. The number of carbonyl (C=O) groups excluding carboxylic acids is 1. The van der Waals surface area contributed by atoms with Gasteiger partial charge < -0.3 is 10.6 Å². The first-order valence-corrected chi connectivity index (χ1v) is 7.17. The maximum Gasteiger partial charge on any atom is 0.463 e. The SMILES string of the molecule is NCCCN(C(=O)C(F)(F)C(F)(F)F)C1CCCCCC1. The smallest absolute Gasteiger partial charge is 0.334 e. The highest BCUT2D eigenvalue weighted by molar-refractivity contribution is 5.84. The Morgan fingerprint density at radius 1 is 1.05 bits per heavy atom. The molecule has 3 nitrogen and oxygen atoms in total. The van der Waals surface area contributed by atoms with Gasteiger partial charge in [-0.3, -0.25) is 4.79 Å². The molecule has 0 aromatic heterocycles. The summed E-state index contributed by atoms with van der Waals surface area (Å²) in [5.74, 6) is -7.48. The van der Waals surface area contributed by atoms with E-state index in [2.05, 4.69) is 0 Å². The molecule has 0 aromatic rings. The van der Waals surface area contributed by atoms with Gasteiger partial charge in [-0.15, -0.1) is 0 Å². The van der Waals surface area contributed by atoms with Gasteiger partial charge in [-0.25, -0.2) is 0 Å². The monoisotopic (exact) mass is 316 g/mol. The van der Waals surface area contributed by atoms with E-state index in [1.807, 2.05) is 0 Å². The summed E-state index contributed by atoms with van der Waals surface area (Å²) < 4.78 is 63.8. The first kappa shape index (κ1) is 18.1. The number of nitrogens with two attached hydrogens (primary N) is 1. The summed E-state index contributed by atoms with van der Waals surface area (Å²) in [5.41, 5.74) is 5.28. The molecule has 0 heterocycles. The Morgan fingerprint density at radius 3 is 2.00 bits per heavy atom. The van der Waals surface area contributed by atoms with Crippen LogP contribution in [0.1, 0.15) is 44.9 Å². The van der Waals surface area contributed by atoms with E-state index in [0.717, 1.165) is 25.7 Å². The Labute approximate surface area is 120 Å². The Balaban J connectivity index is 2.92. The van der Waals surface area contributed by atoms with Crippen LogP contribution >= 0.6 is 0 Å². The summed E-state index contributed by atoms with van der Waals surface area (Å²) in [5, 5.41) is 0. The quantitative estimate of drug-likeness (QED) is 0.626. The predicted molar refractivity (Wildman–Crippen MR) is 67.9 cm³/mol. The molecule has 124 valence electrons. The molecule has 1 fully saturated rings. The van der Waals surface area contributed by atoms with E-state index in [9.17, 15) is 26.7 Å². The molecule has 2 N–H and O–H groups in total. The average molecular weight is 316 g/mol. The molecule has 0 saturated heterocycles. The van der Waals surface area contributed by atoms with Crippen LogP contribution in [0, 0.1) is 0 Å². The molecule has 0 aliphatic heterocycles. The number of halogens is 5. The van der Waals surface area contributed by atoms with Crippen molar-refractivity contribution in [3.8, 4) is 0 Å². The predicted octanol–water partition coefficient (Wildman–Crippen LogP) is 3.08. The van der Waals surface area contributed by atoms with E-state index in [1.165, 1.54) is 0 Å². The molecule has 0 atom stereocenters. The van der Waals surface area contributed by atoms with Crippen LogP contribution in [0.5, 0.6) is 0 Å². The Hall–Kier alpha value is -0.920. The minimum absolute atomic E-state index is 0.133. The van der Waals surface area contributed by atoms with Crippen molar-refractivity contribution in [2.45, 2.75) is 63.1 Å². The topological polar surface area (TPSA) is 46.3 Å². The lowest BCUT2D eigenvalue weighted by atomic mass is 10.1. The molecule has 21 heavy (non-hydrogen) atoms. The van der Waals surface area contributed by atoms with E-state index in [-0.39, 0.29) is 19.5 Å². The lowest BCUT2D eigenvalue weighted by molar-refractivity contribution is -0.275. The first-order chi connectivity index (χ1) is 9.71. The van der Waals surface area contributed by atoms with E-state index < -0.39 is 24.0 Å². The van der Waals surface area contributed by atoms with Gasteiger partial charge in [0.05, 0.1) is 0 Å². The number of carbonyl (C=O) groups is 1. The zero-order valence-electron chi connectivity index (χ0n) is 11.8. The van der Waals surface area contributed by atoms with E-state index in [4.69, 9.17) is 5.73 Å². The van der Waals surface area contributed by atoms with Gasteiger partial charge in [0.2, 0.25) is 0 Å². The highest BCUT2D eigenvalue weighted by Crippen LogP contribution is 2.38. The third-order valence-corrected chi connectivity index (χ3v) is 3.75. The van der Waals surface area contributed by atoms with Gasteiger partial charge in [0.25, 0.3) is 0 Å². The molecule has 0 aromatic carbocycles. The molecule has 8 heteroatoms. The van der Waals surface area contributed by atoms with Gasteiger partial charge in [-0.1, -0.05) is 25.7 Å². The Bertz CT molecular complexity index is 338. The van der Waals surface area contributed by atoms with Crippen molar-refractivity contribution in [2.75, 3.05) is 13.1 Å². The van der Waals surface area contributed by atoms with Crippen molar-refractivity contribution in [2.24, 2.45) is 5.73 Å². The average Bonchev–Trinajstić information content (AvgIpc) is 2.66. The highest BCUT2D eigenvalue weighted by Gasteiger charge is 2.65. The van der Waals surface area contributed by atoms with Crippen LogP contribution in [0.15, 0.2) is 0 Å². The van der Waals surface area contributed by atoms with Gasteiger partial charge in [0, 0.05) is 12.6 Å². The summed E-state index contributed by atoms with van der Waals surface area (Å²) in [7, 11) is 0. The maximum absolute atomic E-state index is 13.3. The molecular formula is C13H21F5N2O. The molecule has 1 amide bonds. The Morgan fingerprint density at radius 2 is 1.57 bits per heavy atom. The minimum Gasteiger partial charge on any atom is -0.334 e. The van der Waals surface area contributed by atoms with Crippen LogP contribution in [0.25, 0.3) is 0 Å². The molecular weight excluding hydrogens is 295 g/mol. The minimum atomic E-state index is -5.87. The largest absolute Gasteiger partial charge is 0.463 e. The van der Waals surface area contributed by atoms with Crippen LogP contribution in [-0.4, -0.2) is 42.0 Å². The summed E-state index contributed by atoms with van der Waals surface area (Å²) in [6, 6.07) is -0.556. The summed E-state index contributed by atoms with van der Waals surface area (Å²) >= 11 is 0. The fraction of sp³-hybridized carbons (Fsp3) is 0.923. The third-order valence-electron chi connectivity index (χ3n) is 3.75. The van der Waals surface area contributed by atoms with Gasteiger partial charge in [-0.05, 0) is 25.8 Å². The second kappa shape index (κ2) is 7.38. The zero-order chi connectivity index (χ0) is 16.1. The zero-order valence-corrected chi connectivity index (χ0v) is 11.8. The molecule has 0 unspecified atom stereocenters. The van der Waals surface area contributed by atoms with Gasteiger partial charge in [-0.2, -0.15) is 22.0 Å². The number of hydrogen-bond donors (Lipinski definition) is 1. The summed E-state index contributed by atoms with van der Waals surface area (Å²) in [6.07, 6.45) is -1.46. The summed E-state index contributed by atoms with van der Waals surface area (Å²) in [4.78, 5) is 12.4. The van der Waals surface area contributed by atoms with Crippen molar-refractivity contribution < 1.29 is 26.7 Å². The second-order valence-electron chi connectivity index (χ2n) is 5.36. The van der Waals surface area contributed by atoms with Crippen molar-refractivity contribution in [1.82, 2.24) is 4.90 Å². The number of hydrogen-bond acceptors (Lipinski definition) is 2. The van der Waals surface area contributed by atoms with E-state index in [1.54, 1.807) is 0 Å². The highest BCUT2D eigenvalue weighted by atomic mass is 19.4. The molecule has 0 spiro atoms. The fourth-order valence-corrected chi connectivity index (χ4v) is 2.58. The standard InChI is InChI=1S/C13H21F5N2O/c14-12(15,13(16,17)18)11(21)20(9-5-8-19)10-6-3-1-2-4-7-10/h10H,1-9,19H2. The lowest BCUT2D eigenvalue weighted by Gasteiger charge is -2.34. The molecule has 1 aliphatic carbocycles. The molecule has 0 bridgehead atoms.